The molecule has 2 aromatic heterocycles. The van der Waals surface area contributed by atoms with Gasteiger partial charge in [-0.1, -0.05) is 0 Å². The van der Waals surface area contributed by atoms with E-state index in [4.69, 9.17) is 9.57 Å². The summed E-state index contributed by atoms with van der Waals surface area (Å²) in [4.78, 5) is 27.5. The zero-order valence-electron chi connectivity index (χ0n) is 24.4. The third-order valence-electron chi connectivity index (χ3n) is 6.98. The van der Waals surface area contributed by atoms with Crippen molar-refractivity contribution in [3.63, 3.8) is 0 Å². The molecule has 5 rings (SSSR count). The fourth-order valence-electron chi connectivity index (χ4n) is 4.65. The van der Waals surface area contributed by atoms with Gasteiger partial charge in [0.2, 0.25) is 5.88 Å². The normalized spacial score (nSPS) is 14.5. The molecule has 0 radical (unpaired) electrons. The summed E-state index contributed by atoms with van der Waals surface area (Å²) >= 11 is 0. The largest absolute Gasteiger partial charge is 0.480 e. The molecule has 0 bridgehead atoms. The van der Waals surface area contributed by atoms with Crippen molar-refractivity contribution >= 4 is 38.3 Å². The first-order chi connectivity index (χ1) is 20.8. The van der Waals surface area contributed by atoms with Gasteiger partial charge in [0.05, 0.1) is 25.6 Å². The zero-order valence-corrected chi connectivity index (χ0v) is 25.2. The van der Waals surface area contributed by atoms with Crippen molar-refractivity contribution in [2.24, 2.45) is 5.41 Å². The van der Waals surface area contributed by atoms with Gasteiger partial charge >= 0.3 is 5.97 Å². The van der Waals surface area contributed by atoms with Gasteiger partial charge in [-0.2, -0.15) is 0 Å². The molecule has 3 heterocycles. The number of nitrogens with zero attached hydrogens (tertiary/aromatic N) is 4. The summed E-state index contributed by atoms with van der Waals surface area (Å²) in [5.41, 5.74) is 0.776. The van der Waals surface area contributed by atoms with E-state index >= 15 is 4.39 Å². The molecule has 2 aromatic carbocycles. The van der Waals surface area contributed by atoms with Crippen LogP contribution < -0.4 is 14.4 Å². The van der Waals surface area contributed by atoms with Crippen molar-refractivity contribution in [3.8, 4) is 17.0 Å². The highest BCUT2D eigenvalue weighted by atomic mass is 32.2. The predicted octanol–water partition coefficient (Wildman–Crippen LogP) is 5.15. The highest BCUT2D eigenvalue weighted by molar-refractivity contribution is 7.92. The Bertz CT molecular complexity index is 1840. The molecule has 4 aromatic rings. The molecular weight excluding hydrogens is 599 g/mol. The van der Waals surface area contributed by atoms with Crippen LogP contribution in [-0.2, 0) is 19.7 Å². The van der Waals surface area contributed by atoms with E-state index in [1.54, 1.807) is 38.0 Å². The van der Waals surface area contributed by atoms with E-state index in [9.17, 15) is 22.0 Å². The van der Waals surface area contributed by atoms with Crippen LogP contribution in [0.3, 0.4) is 0 Å². The van der Waals surface area contributed by atoms with E-state index in [1.165, 1.54) is 31.6 Å². The Balaban J connectivity index is 1.46. The average molecular weight is 630 g/mol. The molecule has 1 N–H and O–H groups in total. The van der Waals surface area contributed by atoms with Crippen LogP contribution in [-0.4, -0.2) is 62.7 Å². The lowest BCUT2D eigenvalue weighted by molar-refractivity contribution is -0.201. The number of anilines is 2. The van der Waals surface area contributed by atoms with Crippen LogP contribution in [0.25, 0.3) is 22.0 Å². The highest BCUT2D eigenvalue weighted by Gasteiger charge is 2.29. The van der Waals surface area contributed by atoms with Gasteiger partial charge in [-0.05, 0) is 62.7 Å². The Morgan fingerprint density at radius 3 is 2.32 bits per heavy atom. The number of carbonyl (C=O) groups excluding carboxylic acids is 1. The molecule has 14 heteroatoms. The molecule has 10 nitrogen and oxygen atoms in total. The standard InChI is InChI=1S/C30H30F3N5O5S/c1-30(2,3)29(39)43-38-11-9-37(10-12-38)25-7-8-34-27-21(25)13-18(14-23(27)33)19-15-24(28(42-4)35-17-19)36-44(40,41)26-6-5-20(31)16-22(26)32/h5-8,13-17,36H,9-12H2,1-4H3. The van der Waals surface area contributed by atoms with Gasteiger partial charge in [0.15, 0.2) is 0 Å². The number of nitrogens with one attached hydrogen (secondary N) is 1. The summed E-state index contributed by atoms with van der Waals surface area (Å²) in [5.74, 6) is -3.26. The number of ether oxygens (including phenoxy) is 1. The summed E-state index contributed by atoms with van der Waals surface area (Å²) in [6.07, 6.45) is 2.90. The fraction of sp³-hybridized carbons (Fsp3) is 0.300. The van der Waals surface area contributed by atoms with Gasteiger partial charge in [-0.3, -0.25) is 9.71 Å². The Hall–Kier alpha value is -4.43. The molecule has 1 saturated heterocycles. The summed E-state index contributed by atoms with van der Waals surface area (Å²) in [6.45, 7) is 7.22. The Kier molecular flexibility index (Phi) is 8.40. The highest BCUT2D eigenvalue weighted by Crippen LogP contribution is 2.35. The summed E-state index contributed by atoms with van der Waals surface area (Å²) in [7, 11) is -3.24. The minimum absolute atomic E-state index is 0.117. The topological polar surface area (TPSA) is 114 Å². The van der Waals surface area contributed by atoms with Crippen LogP contribution >= 0.6 is 0 Å². The molecule has 1 fully saturated rings. The van der Waals surface area contributed by atoms with Crippen molar-refractivity contribution in [2.75, 3.05) is 42.9 Å². The molecule has 1 aliphatic heterocycles. The number of rotatable bonds is 7. The number of methoxy groups -OCH3 is 1. The van der Waals surface area contributed by atoms with E-state index in [1.807, 2.05) is 4.90 Å². The molecule has 1 aliphatic rings. The SMILES string of the molecule is COc1ncc(-c2cc(F)c3nccc(N4CCN(OC(=O)C(C)(C)C)CC4)c3c2)cc1NS(=O)(=O)c1ccc(F)cc1F. The third kappa shape index (κ3) is 6.40. The zero-order chi connectivity index (χ0) is 31.8. The molecule has 0 amide bonds. The summed E-state index contributed by atoms with van der Waals surface area (Å²) < 4.78 is 76.5. The number of hydroxylamine groups is 2. The summed E-state index contributed by atoms with van der Waals surface area (Å²) in [6, 6.07) is 8.21. The molecule has 0 saturated carbocycles. The average Bonchev–Trinajstić information content (AvgIpc) is 2.96. The second-order valence-corrected chi connectivity index (χ2v) is 12.8. The van der Waals surface area contributed by atoms with Gasteiger partial charge in [0, 0.05) is 48.2 Å². The number of pyridine rings is 2. The molecular formula is C30H30F3N5O5S. The van der Waals surface area contributed by atoms with E-state index in [-0.39, 0.29) is 23.1 Å². The van der Waals surface area contributed by atoms with Crippen molar-refractivity contribution in [1.29, 1.82) is 0 Å². The number of fused-ring (bicyclic) bond motifs is 1. The lowest BCUT2D eigenvalue weighted by atomic mass is 9.98. The van der Waals surface area contributed by atoms with Crippen molar-refractivity contribution in [2.45, 2.75) is 25.7 Å². The van der Waals surface area contributed by atoms with Crippen LogP contribution in [0.4, 0.5) is 24.5 Å². The molecule has 0 aliphatic carbocycles. The fourth-order valence-corrected chi connectivity index (χ4v) is 5.76. The maximum absolute atomic E-state index is 15.4. The van der Waals surface area contributed by atoms with Crippen molar-refractivity contribution < 1.29 is 36.0 Å². The predicted molar refractivity (Wildman–Crippen MR) is 158 cm³/mol. The summed E-state index contributed by atoms with van der Waals surface area (Å²) in [5, 5.41) is 2.12. The van der Waals surface area contributed by atoms with Crippen LogP contribution in [0, 0.1) is 22.9 Å². The van der Waals surface area contributed by atoms with Gasteiger partial charge < -0.3 is 14.5 Å². The number of aromatic nitrogens is 2. The van der Waals surface area contributed by atoms with Gasteiger partial charge in [-0.15, -0.1) is 5.06 Å². The number of sulfonamides is 1. The van der Waals surface area contributed by atoms with E-state index in [0.717, 1.165) is 12.1 Å². The quantitative estimate of drug-likeness (QED) is 0.297. The van der Waals surface area contributed by atoms with E-state index in [0.29, 0.717) is 54.4 Å². The van der Waals surface area contributed by atoms with Gasteiger partial charge in [0.25, 0.3) is 10.0 Å². The minimum atomic E-state index is -4.51. The Morgan fingerprint density at radius 1 is 0.932 bits per heavy atom. The minimum Gasteiger partial charge on any atom is -0.480 e. The second kappa shape index (κ2) is 11.9. The van der Waals surface area contributed by atoms with Crippen LogP contribution in [0.15, 0.2) is 59.8 Å². The van der Waals surface area contributed by atoms with Crippen LogP contribution in [0.5, 0.6) is 5.88 Å². The molecule has 0 unspecified atom stereocenters. The number of hydrogen-bond donors (Lipinski definition) is 1. The smallest absolute Gasteiger partial charge is 0.330 e. The number of hydrogen-bond acceptors (Lipinski definition) is 9. The molecule has 232 valence electrons. The second-order valence-electron chi connectivity index (χ2n) is 11.2. The monoisotopic (exact) mass is 629 g/mol. The first kappa shape index (κ1) is 31.0. The Morgan fingerprint density at radius 2 is 1.66 bits per heavy atom. The number of benzene rings is 2. The molecule has 44 heavy (non-hydrogen) atoms. The third-order valence-corrected chi connectivity index (χ3v) is 8.38. The van der Waals surface area contributed by atoms with Crippen molar-refractivity contribution in [3.05, 3.63) is 72.3 Å². The van der Waals surface area contributed by atoms with Gasteiger partial charge in [0.1, 0.15) is 33.6 Å². The van der Waals surface area contributed by atoms with E-state index in [2.05, 4.69) is 14.7 Å². The van der Waals surface area contributed by atoms with E-state index < -0.39 is 37.8 Å². The number of halogens is 3. The first-order valence-electron chi connectivity index (χ1n) is 13.6. The Labute approximate surface area is 252 Å². The maximum Gasteiger partial charge on any atom is 0.330 e. The lowest BCUT2D eigenvalue weighted by Crippen LogP contribution is -2.48. The van der Waals surface area contributed by atoms with Crippen molar-refractivity contribution in [1.82, 2.24) is 15.0 Å². The maximum atomic E-state index is 15.4. The van der Waals surface area contributed by atoms with Gasteiger partial charge in [-0.25, -0.2) is 31.4 Å². The van der Waals surface area contributed by atoms with Crippen LogP contribution in [0.1, 0.15) is 20.8 Å². The first-order valence-corrected chi connectivity index (χ1v) is 15.1. The van der Waals surface area contributed by atoms with Crippen LogP contribution in [0.2, 0.25) is 0 Å². The lowest BCUT2D eigenvalue weighted by Gasteiger charge is -2.36. The molecule has 0 spiro atoms. The number of piperazine rings is 1. The number of carbonyl (C=O) groups is 1. The molecule has 0 atom stereocenters.